The highest BCUT2D eigenvalue weighted by Gasteiger charge is 2.22. The maximum absolute atomic E-state index is 12.0. The molecule has 0 N–H and O–H groups in total. The number of hydrogen-bond donors (Lipinski definition) is 0. The maximum atomic E-state index is 12.0. The highest BCUT2D eigenvalue weighted by Crippen LogP contribution is 2.33. The van der Waals surface area contributed by atoms with E-state index in [0.717, 1.165) is 10.0 Å². The molecule has 0 unspecified atom stereocenters. The van der Waals surface area contributed by atoms with Crippen LogP contribution in [0.25, 0.3) is 0 Å². The van der Waals surface area contributed by atoms with Crippen LogP contribution in [-0.2, 0) is 11.3 Å². The number of hydrogen-bond acceptors (Lipinski definition) is 4. The van der Waals surface area contributed by atoms with E-state index in [-0.39, 0.29) is 0 Å². The van der Waals surface area contributed by atoms with Crippen molar-refractivity contribution >= 4 is 22.0 Å². The van der Waals surface area contributed by atoms with Gasteiger partial charge >= 0.3 is 6.09 Å². The molecule has 6 heteroatoms. The van der Waals surface area contributed by atoms with Crippen molar-refractivity contribution in [1.82, 2.24) is 4.90 Å². The third-order valence-corrected chi connectivity index (χ3v) is 3.13. The summed E-state index contributed by atoms with van der Waals surface area (Å²) in [5.74, 6) is 1.30. The van der Waals surface area contributed by atoms with Gasteiger partial charge in [0.2, 0.25) is 0 Å². The predicted molar refractivity (Wildman–Crippen MR) is 84.9 cm³/mol. The van der Waals surface area contributed by atoms with Crippen LogP contribution in [0, 0.1) is 0 Å². The number of carbonyl (C=O) groups is 1. The Morgan fingerprint density at radius 3 is 2.05 bits per heavy atom. The second-order valence-corrected chi connectivity index (χ2v) is 6.54. The van der Waals surface area contributed by atoms with Crippen LogP contribution in [-0.4, -0.2) is 37.9 Å². The second-order valence-electron chi connectivity index (χ2n) is 5.63. The fourth-order valence-corrected chi connectivity index (χ4v) is 2.17. The average Bonchev–Trinajstić information content (AvgIpc) is 2.37. The van der Waals surface area contributed by atoms with Gasteiger partial charge < -0.3 is 19.1 Å². The number of rotatable bonds is 4. The molecule has 0 saturated carbocycles. The van der Waals surface area contributed by atoms with Gasteiger partial charge in [0.1, 0.15) is 17.1 Å². The first-order valence-corrected chi connectivity index (χ1v) is 7.31. The van der Waals surface area contributed by atoms with Crippen LogP contribution < -0.4 is 9.47 Å². The van der Waals surface area contributed by atoms with Crippen molar-refractivity contribution < 1.29 is 19.0 Å². The number of benzene rings is 1. The molecule has 5 nitrogen and oxygen atoms in total. The molecule has 0 spiro atoms. The van der Waals surface area contributed by atoms with Crippen LogP contribution in [0.2, 0.25) is 0 Å². The minimum atomic E-state index is -0.529. The predicted octanol–water partition coefficient (Wildman–Crippen LogP) is 3.83. The molecule has 0 bridgehead atoms. The first-order valence-electron chi connectivity index (χ1n) is 6.52. The fourth-order valence-electron chi connectivity index (χ4n) is 1.75. The normalized spacial score (nSPS) is 11.0. The van der Waals surface area contributed by atoms with Crippen molar-refractivity contribution in [2.45, 2.75) is 32.9 Å². The summed E-state index contributed by atoms with van der Waals surface area (Å²) in [6.45, 7) is 5.83. The van der Waals surface area contributed by atoms with Gasteiger partial charge in [0.15, 0.2) is 0 Å². The average molecular weight is 360 g/mol. The summed E-state index contributed by atoms with van der Waals surface area (Å²) in [6.07, 6.45) is -0.394. The Kier molecular flexibility index (Phi) is 5.89. The fraction of sp³-hybridized carbons (Fsp3) is 0.533. The molecule has 0 heterocycles. The third kappa shape index (κ3) is 5.12. The molecule has 1 amide bonds. The number of nitrogens with zero attached hydrogens (tertiary/aromatic N) is 1. The van der Waals surface area contributed by atoms with Crippen molar-refractivity contribution in [3.05, 3.63) is 22.2 Å². The summed E-state index contributed by atoms with van der Waals surface area (Å²) in [6, 6.07) is 3.67. The minimum Gasteiger partial charge on any atom is -0.496 e. The zero-order chi connectivity index (χ0) is 16.2. The van der Waals surface area contributed by atoms with E-state index in [1.54, 1.807) is 21.3 Å². The van der Waals surface area contributed by atoms with Gasteiger partial charge in [0.25, 0.3) is 0 Å². The Morgan fingerprint density at radius 2 is 1.67 bits per heavy atom. The van der Waals surface area contributed by atoms with Crippen LogP contribution in [0.3, 0.4) is 0 Å². The number of methoxy groups -OCH3 is 2. The number of ether oxygens (including phenoxy) is 3. The van der Waals surface area contributed by atoms with Gasteiger partial charge in [0.05, 0.1) is 26.3 Å². The highest BCUT2D eigenvalue weighted by atomic mass is 79.9. The molecular weight excluding hydrogens is 338 g/mol. The Morgan fingerprint density at radius 1 is 1.19 bits per heavy atom. The number of halogens is 1. The Labute approximate surface area is 134 Å². The topological polar surface area (TPSA) is 48.0 Å². The maximum Gasteiger partial charge on any atom is 0.410 e. The lowest BCUT2D eigenvalue weighted by molar-refractivity contribution is 0.0283. The molecular formula is C15H22BrNO4. The van der Waals surface area contributed by atoms with E-state index in [9.17, 15) is 4.79 Å². The summed E-state index contributed by atoms with van der Waals surface area (Å²) in [4.78, 5) is 13.5. The van der Waals surface area contributed by atoms with Crippen molar-refractivity contribution in [3.8, 4) is 11.5 Å². The van der Waals surface area contributed by atoms with Crippen LogP contribution >= 0.6 is 15.9 Å². The van der Waals surface area contributed by atoms with Crippen LogP contribution in [0.5, 0.6) is 11.5 Å². The quantitative estimate of drug-likeness (QED) is 0.819. The molecule has 0 radical (unpaired) electrons. The van der Waals surface area contributed by atoms with Crippen LogP contribution in [0.4, 0.5) is 4.79 Å². The summed E-state index contributed by atoms with van der Waals surface area (Å²) >= 11 is 3.40. The smallest absolute Gasteiger partial charge is 0.410 e. The molecule has 0 atom stereocenters. The Bertz CT molecular complexity index is 486. The Hall–Kier alpha value is -1.43. The zero-order valence-electron chi connectivity index (χ0n) is 13.3. The number of carbonyl (C=O) groups excluding carboxylic acids is 1. The van der Waals surface area contributed by atoms with Gasteiger partial charge in [-0.15, -0.1) is 0 Å². The van der Waals surface area contributed by atoms with Gasteiger partial charge in [-0.05, 0) is 32.9 Å². The van der Waals surface area contributed by atoms with Crippen LogP contribution in [0.1, 0.15) is 26.3 Å². The van der Waals surface area contributed by atoms with E-state index >= 15 is 0 Å². The summed E-state index contributed by atoms with van der Waals surface area (Å²) in [7, 11) is 4.84. The van der Waals surface area contributed by atoms with E-state index in [2.05, 4.69) is 15.9 Å². The van der Waals surface area contributed by atoms with E-state index in [4.69, 9.17) is 14.2 Å². The third-order valence-electron chi connectivity index (χ3n) is 2.67. The first kappa shape index (κ1) is 17.6. The molecule has 0 fully saturated rings. The number of amides is 1. The van der Waals surface area contributed by atoms with E-state index in [1.165, 1.54) is 4.90 Å². The molecule has 1 rings (SSSR count). The molecule has 0 aromatic heterocycles. The van der Waals surface area contributed by atoms with Crippen molar-refractivity contribution in [3.63, 3.8) is 0 Å². The van der Waals surface area contributed by atoms with Gasteiger partial charge in [-0.2, -0.15) is 0 Å². The van der Waals surface area contributed by atoms with E-state index in [0.29, 0.717) is 18.0 Å². The van der Waals surface area contributed by atoms with Gasteiger partial charge in [-0.1, -0.05) is 15.9 Å². The molecule has 21 heavy (non-hydrogen) atoms. The van der Waals surface area contributed by atoms with Crippen molar-refractivity contribution in [1.29, 1.82) is 0 Å². The molecule has 0 aliphatic heterocycles. The lowest BCUT2D eigenvalue weighted by Crippen LogP contribution is -2.34. The summed E-state index contributed by atoms with van der Waals surface area (Å²) < 4.78 is 16.9. The van der Waals surface area contributed by atoms with E-state index in [1.807, 2.05) is 32.9 Å². The minimum absolute atomic E-state index is 0.328. The zero-order valence-corrected chi connectivity index (χ0v) is 14.9. The lowest BCUT2D eigenvalue weighted by atomic mass is 10.1. The van der Waals surface area contributed by atoms with Crippen molar-refractivity contribution in [2.24, 2.45) is 0 Å². The molecule has 118 valence electrons. The van der Waals surface area contributed by atoms with Gasteiger partial charge in [-0.25, -0.2) is 4.79 Å². The van der Waals surface area contributed by atoms with Gasteiger partial charge in [0, 0.05) is 11.5 Å². The van der Waals surface area contributed by atoms with Crippen LogP contribution in [0.15, 0.2) is 16.6 Å². The van der Waals surface area contributed by atoms with E-state index < -0.39 is 11.7 Å². The molecule has 0 aliphatic carbocycles. The lowest BCUT2D eigenvalue weighted by Gasteiger charge is -2.25. The molecule has 1 aromatic rings. The monoisotopic (exact) mass is 359 g/mol. The Balaban J connectivity index is 2.99. The standard InChI is InChI=1S/C15H22BrNO4/c1-15(2,3)21-14(18)17(4)9-11-12(19-5)7-10(16)8-13(11)20-6/h7-8H,9H2,1-6H3. The van der Waals surface area contributed by atoms with Gasteiger partial charge in [-0.3, -0.25) is 0 Å². The van der Waals surface area contributed by atoms with Crippen molar-refractivity contribution in [2.75, 3.05) is 21.3 Å². The summed E-state index contributed by atoms with van der Waals surface area (Å²) in [5.41, 5.74) is 0.260. The SMILES string of the molecule is COc1cc(Br)cc(OC)c1CN(C)C(=O)OC(C)(C)C. The molecule has 1 aromatic carbocycles. The molecule has 0 saturated heterocycles. The first-order chi connectivity index (χ1) is 9.67. The highest BCUT2D eigenvalue weighted by molar-refractivity contribution is 9.10. The summed E-state index contributed by atoms with van der Waals surface area (Å²) in [5, 5.41) is 0. The second kappa shape index (κ2) is 7.02. The largest absolute Gasteiger partial charge is 0.496 e. The molecule has 0 aliphatic rings.